The van der Waals surface area contributed by atoms with Gasteiger partial charge in [0.1, 0.15) is 0 Å². The zero-order valence-electron chi connectivity index (χ0n) is 11.6. The van der Waals surface area contributed by atoms with Gasteiger partial charge in [-0.1, -0.05) is 48.5 Å². The summed E-state index contributed by atoms with van der Waals surface area (Å²) in [5.74, 6) is -4.99. The van der Waals surface area contributed by atoms with E-state index in [0.29, 0.717) is 27.8 Å². The summed E-state index contributed by atoms with van der Waals surface area (Å²) in [5.41, 5.74) is 8.45. The Labute approximate surface area is 126 Å². The number of benzene rings is 2. The second-order valence-corrected chi connectivity index (χ2v) is 5.76. The Morgan fingerprint density at radius 3 is 1.86 bits per heavy atom. The van der Waals surface area contributed by atoms with E-state index in [1.54, 1.807) is 48.5 Å². The van der Waals surface area contributed by atoms with Crippen LogP contribution < -0.4 is 5.73 Å². The summed E-state index contributed by atoms with van der Waals surface area (Å²) in [7, 11) is 0. The van der Waals surface area contributed by atoms with Crippen LogP contribution in [0.15, 0.2) is 54.6 Å². The van der Waals surface area contributed by atoms with E-state index in [2.05, 4.69) is 0 Å². The van der Waals surface area contributed by atoms with Crippen molar-refractivity contribution in [3.8, 4) is 0 Å². The van der Waals surface area contributed by atoms with E-state index in [1.807, 2.05) is 0 Å². The number of hydrogen-bond acceptors (Lipinski definition) is 1. The van der Waals surface area contributed by atoms with E-state index in [-0.39, 0.29) is 0 Å². The molecule has 1 saturated carbocycles. The minimum absolute atomic E-state index is 0.582. The summed E-state index contributed by atoms with van der Waals surface area (Å²) in [5, 5.41) is 0. The van der Waals surface area contributed by atoms with Gasteiger partial charge in [-0.25, -0.2) is 8.78 Å². The van der Waals surface area contributed by atoms with Crippen molar-refractivity contribution >= 4 is 11.5 Å². The lowest BCUT2D eigenvalue weighted by atomic mass is 9.91. The molecular formula is C18H13F2NO. The number of fused-ring (bicyclic) bond motifs is 5. The number of carbonyl (C=O) groups excluding carboxylic acids is 1. The number of nitrogens with two attached hydrogens (primary N) is 1. The average Bonchev–Trinajstić information content (AvgIpc) is 3.09. The van der Waals surface area contributed by atoms with Crippen molar-refractivity contribution in [2.24, 2.45) is 5.73 Å². The summed E-state index contributed by atoms with van der Waals surface area (Å²) in [6.07, 6.45) is 1.33. The van der Waals surface area contributed by atoms with Crippen LogP contribution in [0.2, 0.25) is 0 Å². The van der Waals surface area contributed by atoms with Crippen LogP contribution in [0.4, 0.5) is 8.78 Å². The van der Waals surface area contributed by atoms with Gasteiger partial charge in [-0.15, -0.1) is 0 Å². The van der Waals surface area contributed by atoms with Crippen LogP contribution >= 0.6 is 0 Å². The van der Waals surface area contributed by atoms with Gasteiger partial charge < -0.3 is 5.73 Å². The molecule has 2 nitrogen and oxygen atoms in total. The quantitative estimate of drug-likeness (QED) is 0.805. The first kappa shape index (κ1) is 13.2. The van der Waals surface area contributed by atoms with Crippen LogP contribution in [0.3, 0.4) is 0 Å². The van der Waals surface area contributed by atoms with Crippen LogP contribution in [0.25, 0.3) is 5.57 Å². The molecule has 0 spiro atoms. The number of carbonyl (C=O) groups is 1. The Kier molecular flexibility index (Phi) is 2.55. The van der Waals surface area contributed by atoms with Gasteiger partial charge >= 0.3 is 0 Å². The maximum atomic E-state index is 14.3. The largest absolute Gasteiger partial charge is 0.366 e. The minimum atomic E-state index is -2.75. The van der Waals surface area contributed by atoms with E-state index >= 15 is 0 Å². The highest BCUT2D eigenvalue weighted by Gasteiger charge is 2.70. The van der Waals surface area contributed by atoms with Gasteiger partial charge in [0.25, 0.3) is 5.92 Å². The third-order valence-electron chi connectivity index (χ3n) is 4.51. The Hall–Kier alpha value is -2.49. The van der Waals surface area contributed by atoms with Crippen molar-refractivity contribution in [2.75, 3.05) is 0 Å². The molecule has 2 N–H and O–H groups in total. The monoisotopic (exact) mass is 297 g/mol. The fraction of sp³-hybridized carbons (Fsp3) is 0.167. The third-order valence-corrected chi connectivity index (χ3v) is 4.51. The van der Waals surface area contributed by atoms with Crippen molar-refractivity contribution in [1.29, 1.82) is 0 Å². The molecule has 0 aliphatic heterocycles. The van der Waals surface area contributed by atoms with E-state index in [9.17, 15) is 13.6 Å². The highest BCUT2D eigenvalue weighted by molar-refractivity contribution is 6.00. The molecule has 2 unspecified atom stereocenters. The van der Waals surface area contributed by atoms with Gasteiger partial charge in [0.05, 0.1) is 11.8 Å². The molecule has 110 valence electrons. The second-order valence-electron chi connectivity index (χ2n) is 5.76. The van der Waals surface area contributed by atoms with Crippen LogP contribution in [-0.4, -0.2) is 11.8 Å². The third kappa shape index (κ3) is 1.67. The molecular weight excluding hydrogens is 284 g/mol. The van der Waals surface area contributed by atoms with Gasteiger partial charge in [0.15, 0.2) is 0 Å². The number of rotatable bonds is 1. The van der Waals surface area contributed by atoms with Crippen molar-refractivity contribution in [3.05, 3.63) is 76.9 Å². The summed E-state index contributed by atoms with van der Waals surface area (Å²) in [4.78, 5) is 11.4. The average molecular weight is 297 g/mol. The number of amides is 1. The Bertz CT molecular complexity index is 768. The minimum Gasteiger partial charge on any atom is -0.366 e. The number of alkyl halides is 2. The van der Waals surface area contributed by atoms with Crippen LogP contribution in [-0.2, 0) is 4.79 Å². The molecule has 2 atom stereocenters. The fourth-order valence-corrected chi connectivity index (χ4v) is 3.57. The van der Waals surface area contributed by atoms with Gasteiger partial charge in [-0.2, -0.15) is 0 Å². The SMILES string of the molecule is NC(=O)C=C1c2ccccc2C2C(c3ccccc31)C2(F)F. The van der Waals surface area contributed by atoms with E-state index in [4.69, 9.17) is 5.73 Å². The zero-order valence-corrected chi connectivity index (χ0v) is 11.6. The summed E-state index contributed by atoms with van der Waals surface area (Å²) in [6.45, 7) is 0. The maximum absolute atomic E-state index is 14.3. The molecule has 2 aromatic rings. The number of hydrogen-bond donors (Lipinski definition) is 1. The van der Waals surface area contributed by atoms with Crippen LogP contribution in [0, 0.1) is 0 Å². The molecule has 22 heavy (non-hydrogen) atoms. The fourth-order valence-electron chi connectivity index (χ4n) is 3.57. The summed E-state index contributed by atoms with van der Waals surface area (Å²) >= 11 is 0. The van der Waals surface area contributed by atoms with Gasteiger partial charge in [-0.05, 0) is 27.8 Å². The molecule has 1 fully saturated rings. The molecule has 1 amide bonds. The first-order chi connectivity index (χ1) is 10.5. The Morgan fingerprint density at radius 1 is 0.955 bits per heavy atom. The van der Waals surface area contributed by atoms with Crippen molar-refractivity contribution in [2.45, 2.75) is 17.8 Å². The van der Waals surface area contributed by atoms with E-state index in [1.165, 1.54) is 6.08 Å². The normalized spacial score (nSPS) is 23.6. The Morgan fingerprint density at radius 2 is 1.41 bits per heavy atom. The molecule has 2 aromatic carbocycles. The summed E-state index contributed by atoms with van der Waals surface area (Å²) in [6, 6.07) is 14.1. The molecule has 2 aliphatic carbocycles. The highest BCUT2D eigenvalue weighted by Crippen LogP contribution is 2.70. The van der Waals surface area contributed by atoms with Gasteiger partial charge in [0.2, 0.25) is 5.91 Å². The van der Waals surface area contributed by atoms with Crippen LogP contribution in [0.1, 0.15) is 34.1 Å². The van der Waals surface area contributed by atoms with E-state index in [0.717, 1.165) is 0 Å². The molecule has 2 aliphatic rings. The molecule has 0 aromatic heterocycles. The molecule has 0 bridgehead atoms. The van der Waals surface area contributed by atoms with E-state index < -0.39 is 23.7 Å². The smallest absolute Gasteiger partial charge is 0.263 e. The zero-order chi connectivity index (χ0) is 15.5. The highest BCUT2D eigenvalue weighted by atomic mass is 19.3. The lowest BCUT2D eigenvalue weighted by Crippen LogP contribution is -2.09. The lowest BCUT2D eigenvalue weighted by Gasteiger charge is -2.14. The first-order valence-corrected chi connectivity index (χ1v) is 7.09. The van der Waals surface area contributed by atoms with Crippen LogP contribution in [0.5, 0.6) is 0 Å². The summed E-state index contributed by atoms with van der Waals surface area (Å²) < 4.78 is 28.6. The molecule has 0 saturated heterocycles. The number of halogens is 2. The van der Waals surface area contributed by atoms with Gasteiger partial charge in [0, 0.05) is 6.08 Å². The molecule has 4 heteroatoms. The second kappa shape index (κ2) is 4.26. The molecule has 0 heterocycles. The van der Waals surface area contributed by atoms with Gasteiger partial charge in [-0.3, -0.25) is 4.79 Å². The van der Waals surface area contributed by atoms with Crippen molar-refractivity contribution < 1.29 is 13.6 Å². The topological polar surface area (TPSA) is 43.1 Å². The standard InChI is InChI=1S/C18H13F2NO/c19-18(20)16-12-7-3-1-5-10(12)14(9-15(21)22)11-6-2-4-8-13(11)17(16)18/h1-9,16-17H,(H2,21,22). The lowest BCUT2D eigenvalue weighted by molar-refractivity contribution is -0.113. The maximum Gasteiger partial charge on any atom is 0.263 e. The predicted molar refractivity (Wildman–Crippen MR) is 79.6 cm³/mol. The first-order valence-electron chi connectivity index (χ1n) is 7.09. The van der Waals surface area contributed by atoms with Crippen molar-refractivity contribution in [3.63, 3.8) is 0 Å². The number of primary amides is 1. The molecule has 0 radical (unpaired) electrons. The Balaban J connectivity index is 2.06. The van der Waals surface area contributed by atoms with Crippen molar-refractivity contribution in [1.82, 2.24) is 0 Å². The molecule has 4 rings (SSSR count). The predicted octanol–water partition coefficient (Wildman–Crippen LogP) is 3.43.